The number of likely N-dealkylation sites (N-methyl/N-ethyl adjacent to an activating group) is 1. The van der Waals surface area contributed by atoms with Crippen LogP contribution in [0.1, 0.15) is 17.4 Å². The largest absolute Gasteiger partial charge is 0.469 e. The Hall–Kier alpha value is -1.29. The van der Waals surface area contributed by atoms with Crippen LogP contribution in [-0.4, -0.2) is 32.1 Å². The third kappa shape index (κ3) is 1.96. The second-order valence-electron chi connectivity index (χ2n) is 3.32. The van der Waals surface area contributed by atoms with E-state index in [1.165, 1.54) is 7.11 Å². The third-order valence-electron chi connectivity index (χ3n) is 2.13. The second kappa shape index (κ2) is 4.28. The van der Waals surface area contributed by atoms with Gasteiger partial charge in [0.25, 0.3) is 0 Å². The Bertz CT molecular complexity index is 317. The molecule has 78 valence electrons. The van der Waals surface area contributed by atoms with Crippen molar-refractivity contribution in [2.24, 2.45) is 0 Å². The Labute approximate surface area is 83.5 Å². The Balaban J connectivity index is 3.00. The normalized spacial score (nSPS) is 12.9. The van der Waals surface area contributed by atoms with Crippen molar-refractivity contribution in [3.8, 4) is 0 Å². The number of hydrogen-bond donors (Lipinski definition) is 0. The molecule has 0 aliphatic heterocycles. The van der Waals surface area contributed by atoms with Gasteiger partial charge in [0.2, 0.25) is 0 Å². The van der Waals surface area contributed by atoms with Crippen molar-refractivity contribution in [1.82, 2.24) is 4.90 Å². The highest BCUT2D eigenvalue weighted by atomic mass is 16.5. The third-order valence-corrected chi connectivity index (χ3v) is 2.13. The van der Waals surface area contributed by atoms with E-state index in [2.05, 4.69) is 0 Å². The highest BCUT2D eigenvalue weighted by Crippen LogP contribution is 2.23. The number of carbonyl (C=O) groups is 1. The van der Waals surface area contributed by atoms with Crippen LogP contribution >= 0.6 is 0 Å². The molecule has 1 rings (SSSR count). The van der Waals surface area contributed by atoms with E-state index in [9.17, 15) is 4.79 Å². The van der Waals surface area contributed by atoms with Crippen molar-refractivity contribution in [2.75, 3.05) is 21.2 Å². The van der Waals surface area contributed by atoms with E-state index in [-0.39, 0.29) is 5.97 Å². The minimum absolute atomic E-state index is 0.278. The summed E-state index contributed by atoms with van der Waals surface area (Å²) in [4.78, 5) is 13.3. The quantitative estimate of drug-likeness (QED) is 0.686. The first kappa shape index (κ1) is 10.8. The van der Waals surface area contributed by atoms with Gasteiger partial charge in [-0.2, -0.15) is 0 Å². The summed E-state index contributed by atoms with van der Waals surface area (Å²) < 4.78 is 9.89. The van der Waals surface area contributed by atoms with Gasteiger partial charge < -0.3 is 9.15 Å². The molecule has 0 saturated heterocycles. The van der Waals surface area contributed by atoms with Crippen LogP contribution in [0.3, 0.4) is 0 Å². The van der Waals surface area contributed by atoms with Crippen molar-refractivity contribution >= 4 is 5.97 Å². The summed E-state index contributed by atoms with van der Waals surface area (Å²) in [6, 6.07) is 1.40. The Morgan fingerprint density at radius 3 is 2.57 bits per heavy atom. The zero-order valence-electron chi connectivity index (χ0n) is 8.90. The van der Waals surface area contributed by atoms with E-state index < -0.39 is 6.04 Å². The van der Waals surface area contributed by atoms with Crippen LogP contribution in [-0.2, 0) is 9.53 Å². The van der Waals surface area contributed by atoms with Gasteiger partial charge >= 0.3 is 5.97 Å². The summed E-state index contributed by atoms with van der Waals surface area (Å²) in [5, 5.41) is 0. The summed E-state index contributed by atoms with van der Waals surface area (Å²) >= 11 is 0. The van der Waals surface area contributed by atoms with Gasteiger partial charge in [-0.25, -0.2) is 4.79 Å². The van der Waals surface area contributed by atoms with E-state index in [1.807, 2.05) is 21.0 Å². The molecule has 0 spiro atoms. The molecule has 1 aromatic heterocycles. The number of methoxy groups -OCH3 is 1. The minimum Gasteiger partial charge on any atom is -0.469 e. The van der Waals surface area contributed by atoms with E-state index in [1.54, 1.807) is 17.2 Å². The van der Waals surface area contributed by atoms with Crippen LogP contribution in [0.2, 0.25) is 0 Å². The summed E-state index contributed by atoms with van der Waals surface area (Å²) in [6.07, 6.45) is 1.57. The van der Waals surface area contributed by atoms with Gasteiger partial charge in [-0.15, -0.1) is 0 Å². The van der Waals surface area contributed by atoms with E-state index in [4.69, 9.17) is 9.15 Å². The number of hydrogen-bond acceptors (Lipinski definition) is 4. The average molecular weight is 197 g/mol. The lowest BCUT2D eigenvalue weighted by atomic mass is 10.1. The van der Waals surface area contributed by atoms with E-state index in [0.29, 0.717) is 0 Å². The van der Waals surface area contributed by atoms with Gasteiger partial charge in [-0.05, 0) is 27.1 Å². The number of rotatable bonds is 3. The number of carbonyl (C=O) groups excluding carboxylic acids is 1. The molecule has 4 nitrogen and oxygen atoms in total. The fourth-order valence-corrected chi connectivity index (χ4v) is 1.41. The maximum absolute atomic E-state index is 11.5. The van der Waals surface area contributed by atoms with Crippen molar-refractivity contribution < 1.29 is 13.9 Å². The van der Waals surface area contributed by atoms with E-state index >= 15 is 0 Å². The molecular weight excluding hydrogens is 182 g/mol. The molecule has 0 saturated carbocycles. The molecule has 0 fully saturated rings. The first-order valence-corrected chi connectivity index (χ1v) is 4.36. The lowest BCUT2D eigenvalue weighted by Crippen LogP contribution is -2.28. The SMILES string of the molecule is COC(=O)C(c1ccoc1C)N(C)C. The standard InChI is InChI=1S/C10H15NO3/c1-7-8(5-6-14-7)9(11(2)3)10(12)13-4/h5-6,9H,1-4H3. The maximum Gasteiger partial charge on any atom is 0.327 e. The minimum atomic E-state index is -0.390. The highest BCUT2D eigenvalue weighted by molar-refractivity contribution is 5.77. The maximum atomic E-state index is 11.5. The van der Waals surface area contributed by atoms with Crippen molar-refractivity contribution in [1.29, 1.82) is 0 Å². The van der Waals surface area contributed by atoms with Crippen LogP contribution < -0.4 is 0 Å². The Morgan fingerprint density at radius 2 is 2.21 bits per heavy atom. The van der Waals surface area contributed by atoms with Gasteiger partial charge in [0, 0.05) is 5.56 Å². The second-order valence-corrected chi connectivity index (χ2v) is 3.32. The average Bonchev–Trinajstić information content (AvgIpc) is 2.52. The first-order valence-electron chi connectivity index (χ1n) is 4.36. The van der Waals surface area contributed by atoms with Crippen LogP contribution in [0.5, 0.6) is 0 Å². The smallest absolute Gasteiger partial charge is 0.327 e. The molecule has 0 bridgehead atoms. The van der Waals surface area contributed by atoms with Crippen molar-refractivity contribution in [3.63, 3.8) is 0 Å². The van der Waals surface area contributed by atoms with Crippen molar-refractivity contribution in [2.45, 2.75) is 13.0 Å². The number of nitrogens with zero attached hydrogens (tertiary/aromatic N) is 1. The van der Waals surface area contributed by atoms with Gasteiger partial charge in [0.15, 0.2) is 0 Å². The summed E-state index contributed by atoms with van der Waals surface area (Å²) in [7, 11) is 5.04. The molecule has 0 amide bonds. The molecule has 4 heteroatoms. The van der Waals surface area contributed by atoms with Crippen LogP contribution in [0.15, 0.2) is 16.7 Å². The summed E-state index contributed by atoms with van der Waals surface area (Å²) in [6.45, 7) is 1.83. The fraction of sp³-hybridized carbons (Fsp3) is 0.500. The molecule has 0 aromatic carbocycles. The van der Waals surface area contributed by atoms with Gasteiger partial charge in [0.1, 0.15) is 11.8 Å². The topological polar surface area (TPSA) is 42.7 Å². The predicted octanol–water partition coefficient (Wildman–Crippen LogP) is 1.36. The first-order chi connectivity index (χ1) is 6.57. The monoisotopic (exact) mass is 197 g/mol. The molecule has 1 unspecified atom stereocenters. The number of ether oxygens (including phenoxy) is 1. The molecule has 0 radical (unpaired) electrons. The van der Waals surface area contributed by atoms with E-state index in [0.717, 1.165) is 11.3 Å². The molecule has 0 aliphatic rings. The van der Waals surface area contributed by atoms with Crippen LogP contribution in [0.4, 0.5) is 0 Å². The molecule has 1 aromatic rings. The molecule has 1 heterocycles. The Kier molecular flexibility index (Phi) is 3.30. The van der Waals surface area contributed by atoms with Crippen molar-refractivity contribution in [3.05, 3.63) is 23.7 Å². The van der Waals surface area contributed by atoms with Gasteiger partial charge in [-0.1, -0.05) is 0 Å². The van der Waals surface area contributed by atoms with Crippen LogP contribution in [0.25, 0.3) is 0 Å². The fourth-order valence-electron chi connectivity index (χ4n) is 1.41. The number of esters is 1. The number of furan rings is 1. The zero-order chi connectivity index (χ0) is 10.7. The summed E-state index contributed by atoms with van der Waals surface area (Å²) in [5.74, 6) is 0.466. The molecule has 14 heavy (non-hydrogen) atoms. The molecule has 0 aliphatic carbocycles. The Morgan fingerprint density at radius 1 is 1.57 bits per heavy atom. The van der Waals surface area contributed by atoms with Gasteiger partial charge in [-0.3, -0.25) is 4.90 Å². The van der Waals surface area contributed by atoms with Crippen LogP contribution in [0, 0.1) is 6.92 Å². The van der Waals surface area contributed by atoms with Gasteiger partial charge in [0.05, 0.1) is 13.4 Å². The zero-order valence-corrected chi connectivity index (χ0v) is 8.90. The lowest BCUT2D eigenvalue weighted by molar-refractivity contribution is -0.146. The highest BCUT2D eigenvalue weighted by Gasteiger charge is 2.26. The molecule has 0 N–H and O–H groups in total. The lowest BCUT2D eigenvalue weighted by Gasteiger charge is -2.21. The summed E-state index contributed by atoms with van der Waals surface area (Å²) in [5.41, 5.74) is 0.849. The predicted molar refractivity (Wildman–Crippen MR) is 51.9 cm³/mol. The number of aryl methyl sites for hydroxylation is 1. The molecular formula is C10H15NO3. The molecule has 1 atom stereocenters.